The monoisotopic (exact) mass is 451 g/mol. The summed E-state index contributed by atoms with van der Waals surface area (Å²) in [6.45, 7) is 0.290. The minimum absolute atomic E-state index is 0.0905. The number of nitrogens with two attached hydrogens (primary N) is 1. The van der Waals surface area contributed by atoms with Crippen LogP contribution in [0.15, 0.2) is 54.6 Å². The number of rotatable bonds is 10. The molecule has 2 aromatic rings. The smallest absolute Gasteiger partial charge is 0.261 e. The highest BCUT2D eigenvalue weighted by Gasteiger charge is 2.37. The highest BCUT2D eigenvalue weighted by atomic mass is 32.2. The third-order valence-electron chi connectivity index (χ3n) is 5.29. The molecule has 0 atom stereocenters. The average molecular weight is 452 g/mol. The lowest BCUT2D eigenvalue weighted by Crippen LogP contribution is -2.34. The molecule has 0 radical (unpaired) electrons. The summed E-state index contributed by atoms with van der Waals surface area (Å²) < 4.78 is 54.3. The molecule has 1 fully saturated rings. The largest absolute Gasteiger partial charge is 0.324 e. The van der Waals surface area contributed by atoms with Crippen molar-refractivity contribution >= 4 is 21.5 Å². The molecule has 1 aliphatic rings. The maximum atomic E-state index is 13.4. The topological polar surface area (TPSA) is 83.7 Å². The molecule has 9 heteroatoms. The first kappa shape index (κ1) is 23.3. The van der Waals surface area contributed by atoms with Crippen molar-refractivity contribution in [3.8, 4) is 0 Å². The van der Waals surface area contributed by atoms with Crippen LogP contribution in [0.3, 0.4) is 0 Å². The van der Waals surface area contributed by atoms with Gasteiger partial charge < -0.3 is 5.73 Å². The lowest BCUT2D eigenvalue weighted by Gasteiger charge is -2.25. The summed E-state index contributed by atoms with van der Waals surface area (Å²) in [4.78, 5) is 13.3. The number of carbonyl (C=O) groups excluding carboxylic acids is 1. The van der Waals surface area contributed by atoms with E-state index in [1.54, 1.807) is 59.5 Å². The van der Waals surface area contributed by atoms with Crippen molar-refractivity contribution in [1.82, 2.24) is 4.90 Å². The Morgan fingerprint density at radius 3 is 2.35 bits per heavy atom. The minimum atomic E-state index is -3.69. The highest BCUT2D eigenvalue weighted by molar-refractivity contribution is 7.92. The zero-order valence-corrected chi connectivity index (χ0v) is 18.0. The van der Waals surface area contributed by atoms with Gasteiger partial charge >= 0.3 is 0 Å². The normalized spacial score (nSPS) is 16.4. The molecule has 0 unspecified atom stereocenters. The zero-order chi connectivity index (χ0) is 22.5. The predicted octanol–water partition coefficient (Wildman–Crippen LogP) is 2.90. The van der Waals surface area contributed by atoms with Crippen LogP contribution < -0.4 is 10.0 Å². The number of halogens is 2. The summed E-state index contributed by atoms with van der Waals surface area (Å²) in [7, 11) is -3.69. The molecule has 2 aromatic carbocycles. The van der Waals surface area contributed by atoms with Crippen LogP contribution in [0, 0.1) is 0 Å². The number of sulfonamides is 1. The Hall–Kier alpha value is -2.36. The van der Waals surface area contributed by atoms with E-state index in [-0.39, 0.29) is 50.6 Å². The van der Waals surface area contributed by atoms with Gasteiger partial charge in [0.1, 0.15) is 0 Å². The van der Waals surface area contributed by atoms with Crippen molar-refractivity contribution in [2.45, 2.75) is 25.3 Å². The van der Waals surface area contributed by atoms with E-state index in [0.717, 1.165) is 5.56 Å². The van der Waals surface area contributed by atoms with Crippen LogP contribution in [0.1, 0.15) is 28.8 Å². The molecule has 1 aliphatic heterocycles. The van der Waals surface area contributed by atoms with Crippen molar-refractivity contribution in [2.75, 3.05) is 36.2 Å². The van der Waals surface area contributed by atoms with Gasteiger partial charge in [-0.25, -0.2) is 17.2 Å². The molecule has 0 spiro atoms. The number of ketones is 1. The van der Waals surface area contributed by atoms with Crippen molar-refractivity contribution in [3.05, 3.63) is 65.7 Å². The lowest BCUT2D eigenvalue weighted by atomic mass is 10.1. The first-order valence-electron chi connectivity index (χ1n) is 10.2. The Labute approximate surface area is 181 Å². The van der Waals surface area contributed by atoms with Gasteiger partial charge in [-0.1, -0.05) is 42.5 Å². The number of para-hydroxylation sites is 1. The lowest BCUT2D eigenvalue weighted by molar-refractivity contribution is 0.0123. The molecule has 168 valence electrons. The van der Waals surface area contributed by atoms with Crippen LogP contribution in [0.25, 0.3) is 0 Å². The first-order chi connectivity index (χ1) is 14.7. The molecule has 0 aliphatic carbocycles. The fourth-order valence-electron chi connectivity index (χ4n) is 3.60. The number of carbonyl (C=O) groups is 1. The zero-order valence-electron chi connectivity index (χ0n) is 17.2. The van der Waals surface area contributed by atoms with E-state index in [1.807, 2.05) is 0 Å². The Morgan fingerprint density at radius 1 is 1.10 bits per heavy atom. The summed E-state index contributed by atoms with van der Waals surface area (Å²) in [5.74, 6) is -3.02. The Morgan fingerprint density at radius 2 is 1.77 bits per heavy atom. The highest BCUT2D eigenvalue weighted by Crippen LogP contribution is 2.27. The summed E-state index contributed by atoms with van der Waals surface area (Å²) in [6, 6.07) is 15.4. The standard InChI is InChI=1S/C22H27F2N3O3S/c23-22(24)11-13-26(17-22)12-4-14-31(29,30)27(20-5-2-1-3-6-20)16-18-7-9-19(10-8-18)21(28)15-25/h1-3,5-10H,4,11-17,25H2. The van der Waals surface area contributed by atoms with E-state index in [1.165, 1.54) is 4.31 Å². The maximum absolute atomic E-state index is 13.4. The minimum Gasteiger partial charge on any atom is -0.324 e. The molecule has 0 saturated carbocycles. The Kier molecular flexibility index (Phi) is 7.40. The number of benzene rings is 2. The quantitative estimate of drug-likeness (QED) is 0.562. The number of hydrogen-bond donors (Lipinski definition) is 1. The second kappa shape index (κ2) is 9.84. The van der Waals surface area contributed by atoms with Gasteiger partial charge in [-0.2, -0.15) is 0 Å². The van der Waals surface area contributed by atoms with Crippen molar-refractivity contribution in [3.63, 3.8) is 0 Å². The maximum Gasteiger partial charge on any atom is 0.261 e. The number of nitrogens with zero attached hydrogens (tertiary/aromatic N) is 2. The van der Waals surface area contributed by atoms with Crippen molar-refractivity contribution in [2.24, 2.45) is 5.73 Å². The van der Waals surface area contributed by atoms with Crippen molar-refractivity contribution in [1.29, 1.82) is 0 Å². The van der Waals surface area contributed by atoms with E-state index < -0.39 is 15.9 Å². The fourth-order valence-corrected chi connectivity index (χ4v) is 5.11. The van der Waals surface area contributed by atoms with Crippen LogP contribution in [0.2, 0.25) is 0 Å². The summed E-state index contributed by atoms with van der Waals surface area (Å²) >= 11 is 0. The van der Waals surface area contributed by atoms with Gasteiger partial charge in [-0.05, 0) is 30.7 Å². The van der Waals surface area contributed by atoms with E-state index in [2.05, 4.69) is 0 Å². The van der Waals surface area contributed by atoms with E-state index in [9.17, 15) is 22.0 Å². The SMILES string of the molecule is NCC(=O)c1ccc(CN(c2ccccc2)S(=O)(=O)CCCN2CCC(F)(F)C2)cc1. The van der Waals surface area contributed by atoms with Crippen LogP contribution in [0.4, 0.5) is 14.5 Å². The van der Waals surface area contributed by atoms with Gasteiger partial charge in [0.2, 0.25) is 10.0 Å². The van der Waals surface area contributed by atoms with E-state index >= 15 is 0 Å². The van der Waals surface area contributed by atoms with Gasteiger partial charge in [0.25, 0.3) is 5.92 Å². The number of likely N-dealkylation sites (tertiary alicyclic amines) is 1. The second-order valence-corrected chi connectivity index (χ2v) is 9.73. The number of anilines is 1. The van der Waals surface area contributed by atoms with Gasteiger partial charge in [0.05, 0.1) is 31.1 Å². The molecule has 0 amide bonds. The van der Waals surface area contributed by atoms with Crippen LogP contribution >= 0.6 is 0 Å². The first-order valence-corrected chi connectivity index (χ1v) is 11.8. The number of hydrogen-bond acceptors (Lipinski definition) is 5. The van der Waals surface area contributed by atoms with Gasteiger partial charge in [0, 0.05) is 18.5 Å². The molecule has 31 heavy (non-hydrogen) atoms. The molecule has 0 bridgehead atoms. The summed E-state index contributed by atoms with van der Waals surface area (Å²) in [6.07, 6.45) is 0.0875. The second-order valence-electron chi connectivity index (χ2n) is 7.72. The number of alkyl halides is 2. The van der Waals surface area contributed by atoms with Crippen LogP contribution in [-0.4, -0.2) is 57.0 Å². The van der Waals surface area contributed by atoms with Gasteiger partial charge in [-0.3, -0.25) is 14.0 Å². The summed E-state index contributed by atoms with van der Waals surface area (Å²) in [5.41, 5.74) is 7.10. The molecular weight excluding hydrogens is 424 g/mol. The van der Waals surface area contributed by atoms with E-state index in [4.69, 9.17) is 5.73 Å². The Bertz CT molecular complexity index is 983. The Balaban J connectivity index is 1.71. The van der Waals surface area contributed by atoms with Crippen LogP contribution in [-0.2, 0) is 16.6 Å². The van der Waals surface area contributed by atoms with Crippen LogP contribution in [0.5, 0.6) is 0 Å². The predicted molar refractivity (Wildman–Crippen MR) is 117 cm³/mol. The average Bonchev–Trinajstić information content (AvgIpc) is 3.10. The molecule has 2 N–H and O–H groups in total. The van der Waals surface area contributed by atoms with E-state index in [0.29, 0.717) is 17.8 Å². The molecular formula is C22H27F2N3O3S. The fraction of sp³-hybridized carbons (Fsp3) is 0.409. The molecule has 1 heterocycles. The van der Waals surface area contributed by atoms with Gasteiger partial charge in [-0.15, -0.1) is 0 Å². The third kappa shape index (κ3) is 6.32. The molecule has 1 saturated heterocycles. The molecule has 3 rings (SSSR count). The molecule has 6 nitrogen and oxygen atoms in total. The third-order valence-corrected chi connectivity index (χ3v) is 7.11. The van der Waals surface area contributed by atoms with Crippen molar-refractivity contribution < 1.29 is 22.0 Å². The molecule has 0 aromatic heterocycles. The summed E-state index contributed by atoms with van der Waals surface area (Å²) in [5, 5.41) is 0. The van der Waals surface area contributed by atoms with Gasteiger partial charge in [0.15, 0.2) is 5.78 Å². The number of Topliss-reactive ketones (excluding diaryl/α,β-unsaturated/α-hetero) is 1.